The van der Waals surface area contributed by atoms with Gasteiger partial charge in [-0.1, -0.05) is 17.7 Å². The fourth-order valence-electron chi connectivity index (χ4n) is 3.16. The Balaban J connectivity index is 0.00000169. The molecular weight excluding hydrogens is 343 g/mol. The van der Waals surface area contributed by atoms with Crippen LogP contribution in [0.25, 0.3) is 22.4 Å². The third-order valence-electron chi connectivity index (χ3n) is 4.26. The molecule has 1 N–H and O–H groups in total. The van der Waals surface area contributed by atoms with Crippen molar-refractivity contribution in [2.45, 2.75) is 20.0 Å². The van der Waals surface area contributed by atoms with Crippen LogP contribution in [0.4, 0.5) is 0 Å². The van der Waals surface area contributed by atoms with Crippen molar-refractivity contribution in [1.29, 1.82) is 0 Å². The van der Waals surface area contributed by atoms with Crippen molar-refractivity contribution < 1.29 is 0 Å². The molecule has 0 saturated carbocycles. The fraction of sp³-hybridized carbons (Fsp3) is 0.222. The van der Waals surface area contributed by atoms with Crippen LogP contribution in [0.2, 0.25) is 5.02 Å². The number of benzene rings is 1. The number of rotatable bonds is 2. The average Bonchev–Trinajstić information content (AvgIpc) is 2.94. The monoisotopic (exact) mass is 360 g/mol. The molecule has 0 unspecified atom stereocenters. The summed E-state index contributed by atoms with van der Waals surface area (Å²) in [5.74, 6) is 0. The van der Waals surface area contributed by atoms with Crippen molar-refractivity contribution in [2.75, 3.05) is 6.54 Å². The summed E-state index contributed by atoms with van der Waals surface area (Å²) in [5.41, 5.74) is 6.84. The van der Waals surface area contributed by atoms with Crippen LogP contribution in [0.1, 0.15) is 11.3 Å². The number of halogens is 2. The normalized spacial score (nSPS) is 13.2. The van der Waals surface area contributed by atoms with Crippen molar-refractivity contribution in [2.24, 2.45) is 0 Å². The van der Waals surface area contributed by atoms with E-state index in [-0.39, 0.29) is 12.4 Å². The zero-order chi connectivity index (χ0) is 15.8. The van der Waals surface area contributed by atoms with Gasteiger partial charge in [-0.3, -0.25) is 9.67 Å². The van der Waals surface area contributed by atoms with Crippen LogP contribution in [0.15, 0.2) is 42.7 Å². The first-order valence-corrected chi connectivity index (χ1v) is 8.09. The third kappa shape index (κ3) is 2.93. The van der Waals surface area contributed by atoms with Crippen LogP contribution in [0, 0.1) is 6.92 Å². The average molecular weight is 361 g/mol. The molecule has 1 aromatic carbocycles. The Labute approximate surface area is 152 Å². The van der Waals surface area contributed by atoms with Crippen LogP contribution in [-0.2, 0) is 13.1 Å². The summed E-state index contributed by atoms with van der Waals surface area (Å²) in [5, 5.41) is 9.10. The van der Waals surface area contributed by atoms with Gasteiger partial charge in [0.1, 0.15) is 5.69 Å². The molecule has 0 radical (unpaired) electrons. The molecule has 4 rings (SSSR count). The Morgan fingerprint density at radius 3 is 2.71 bits per heavy atom. The predicted octanol–water partition coefficient (Wildman–Crippen LogP) is 4.10. The van der Waals surface area contributed by atoms with Crippen LogP contribution in [0.3, 0.4) is 0 Å². The van der Waals surface area contributed by atoms with E-state index in [2.05, 4.69) is 28.0 Å². The Bertz CT molecular complexity index is 859. The predicted molar refractivity (Wildman–Crippen MR) is 99.6 cm³/mol. The number of nitrogens with zero attached hydrogens (tertiary/aromatic N) is 3. The van der Waals surface area contributed by atoms with Crippen molar-refractivity contribution in [3.63, 3.8) is 0 Å². The molecule has 0 spiro atoms. The van der Waals surface area contributed by atoms with Gasteiger partial charge in [0.2, 0.25) is 0 Å². The van der Waals surface area contributed by atoms with E-state index < -0.39 is 0 Å². The first-order chi connectivity index (χ1) is 11.2. The summed E-state index contributed by atoms with van der Waals surface area (Å²) in [4.78, 5) is 4.14. The summed E-state index contributed by atoms with van der Waals surface area (Å²) < 4.78 is 2.12. The molecule has 1 aliphatic heterocycles. The fourth-order valence-corrected chi connectivity index (χ4v) is 3.38. The largest absolute Gasteiger partial charge is 0.309 e. The molecule has 24 heavy (non-hydrogen) atoms. The Morgan fingerprint density at radius 1 is 1.17 bits per heavy atom. The van der Waals surface area contributed by atoms with Gasteiger partial charge >= 0.3 is 0 Å². The summed E-state index contributed by atoms with van der Waals surface area (Å²) >= 11 is 6.12. The first-order valence-electron chi connectivity index (χ1n) is 7.71. The number of hydrogen-bond acceptors (Lipinski definition) is 3. The number of aryl methyl sites for hydroxylation is 1. The highest BCUT2D eigenvalue weighted by atomic mass is 35.5. The topological polar surface area (TPSA) is 42.7 Å². The molecule has 6 heteroatoms. The number of hydrogen-bond donors (Lipinski definition) is 1. The minimum absolute atomic E-state index is 0. The van der Waals surface area contributed by atoms with Gasteiger partial charge in [0.25, 0.3) is 0 Å². The summed E-state index contributed by atoms with van der Waals surface area (Å²) in [6, 6.07) is 10.1. The van der Waals surface area contributed by atoms with E-state index in [1.165, 1.54) is 11.3 Å². The molecule has 4 nitrogen and oxygen atoms in total. The van der Waals surface area contributed by atoms with Crippen molar-refractivity contribution in [3.05, 3.63) is 59.0 Å². The number of pyridine rings is 1. The Hall–Kier alpha value is -1.88. The van der Waals surface area contributed by atoms with Crippen molar-refractivity contribution in [1.82, 2.24) is 20.1 Å². The lowest BCUT2D eigenvalue weighted by Crippen LogP contribution is -2.28. The van der Waals surface area contributed by atoms with Crippen molar-refractivity contribution in [3.8, 4) is 22.4 Å². The smallest absolute Gasteiger partial charge is 0.101 e. The van der Waals surface area contributed by atoms with E-state index >= 15 is 0 Å². The van der Waals surface area contributed by atoms with Gasteiger partial charge in [0.05, 0.1) is 12.2 Å². The lowest BCUT2D eigenvalue weighted by molar-refractivity contribution is 0.477. The molecule has 0 bridgehead atoms. The zero-order valence-electron chi connectivity index (χ0n) is 13.3. The lowest BCUT2D eigenvalue weighted by Gasteiger charge is -2.16. The summed E-state index contributed by atoms with van der Waals surface area (Å²) in [6.07, 6.45) is 3.66. The Kier molecular flexibility index (Phi) is 4.90. The van der Waals surface area contributed by atoms with E-state index in [1.54, 1.807) is 0 Å². The molecule has 3 heterocycles. The lowest BCUT2D eigenvalue weighted by atomic mass is 9.97. The van der Waals surface area contributed by atoms with Crippen LogP contribution < -0.4 is 5.32 Å². The number of nitrogens with one attached hydrogen (secondary N) is 1. The molecule has 0 atom stereocenters. The maximum atomic E-state index is 6.12. The third-order valence-corrected chi connectivity index (χ3v) is 4.50. The highest BCUT2D eigenvalue weighted by Gasteiger charge is 2.23. The minimum atomic E-state index is 0. The number of fused-ring (bicyclic) bond motifs is 1. The van der Waals surface area contributed by atoms with Gasteiger partial charge in [-0.05, 0) is 42.3 Å². The van der Waals surface area contributed by atoms with Gasteiger partial charge < -0.3 is 5.32 Å². The maximum absolute atomic E-state index is 6.12. The van der Waals surface area contributed by atoms with Gasteiger partial charge in [-0.2, -0.15) is 5.10 Å². The molecule has 1 aliphatic rings. The van der Waals surface area contributed by atoms with Gasteiger partial charge in [-0.15, -0.1) is 12.4 Å². The van der Waals surface area contributed by atoms with Crippen LogP contribution in [-0.4, -0.2) is 21.3 Å². The van der Waals surface area contributed by atoms with E-state index in [4.69, 9.17) is 16.7 Å². The molecular formula is C18H18Cl2N4. The van der Waals surface area contributed by atoms with Gasteiger partial charge in [-0.25, -0.2) is 0 Å². The SMILES string of the molecule is Cc1cc(Cl)ccc1-c1nn2c(c1-c1ccncc1)CNCC2.Cl. The quantitative estimate of drug-likeness (QED) is 0.747. The molecule has 0 amide bonds. The molecule has 0 aliphatic carbocycles. The molecule has 0 fully saturated rings. The van der Waals surface area contributed by atoms with E-state index in [1.807, 2.05) is 36.7 Å². The Morgan fingerprint density at radius 2 is 1.96 bits per heavy atom. The van der Waals surface area contributed by atoms with E-state index in [0.29, 0.717) is 0 Å². The minimum Gasteiger partial charge on any atom is -0.309 e. The molecule has 124 valence electrons. The second-order valence-corrected chi connectivity index (χ2v) is 6.20. The van der Waals surface area contributed by atoms with E-state index in [0.717, 1.165) is 47.0 Å². The zero-order valence-corrected chi connectivity index (χ0v) is 14.9. The van der Waals surface area contributed by atoms with Crippen LogP contribution >= 0.6 is 24.0 Å². The summed E-state index contributed by atoms with van der Waals surface area (Å²) in [7, 11) is 0. The number of aromatic nitrogens is 3. The standard InChI is InChI=1S/C18H17ClN4.ClH/c1-12-10-14(19)2-3-15(12)18-17(13-4-6-20-7-5-13)16-11-21-8-9-23(16)22-18;/h2-7,10,21H,8-9,11H2,1H3;1H. The molecule has 2 aromatic heterocycles. The highest BCUT2D eigenvalue weighted by molar-refractivity contribution is 6.30. The van der Waals surface area contributed by atoms with Crippen molar-refractivity contribution >= 4 is 24.0 Å². The second kappa shape index (κ2) is 6.93. The molecule has 0 saturated heterocycles. The first kappa shape index (κ1) is 17.0. The van der Waals surface area contributed by atoms with Crippen LogP contribution in [0.5, 0.6) is 0 Å². The molecule has 3 aromatic rings. The van der Waals surface area contributed by atoms with Gasteiger partial charge in [0.15, 0.2) is 0 Å². The second-order valence-electron chi connectivity index (χ2n) is 5.77. The maximum Gasteiger partial charge on any atom is 0.101 e. The summed E-state index contributed by atoms with van der Waals surface area (Å²) in [6.45, 7) is 4.75. The van der Waals surface area contributed by atoms with Gasteiger partial charge in [0, 0.05) is 41.6 Å². The van der Waals surface area contributed by atoms with E-state index in [9.17, 15) is 0 Å². The highest BCUT2D eigenvalue weighted by Crippen LogP contribution is 2.37.